The van der Waals surface area contributed by atoms with Crippen LogP contribution < -0.4 is 11.1 Å². The summed E-state index contributed by atoms with van der Waals surface area (Å²) in [6.07, 6.45) is 1.57. The third-order valence-electron chi connectivity index (χ3n) is 3.19. The van der Waals surface area contributed by atoms with E-state index in [1.54, 1.807) is 12.1 Å². The number of carbonyl (C=O) groups excluding carboxylic acids is 1. The molecule has 1 aromatic carbocycles. The van der Waals surface area contributed by atoms with Crippen molar-refractivity contribution in [1.82, 2.24) is 5.32 Å². The number of amides is 1. The lowest BCUT2D eigenvalue weighted by Gasteiger charge is -2.13. The van der Waals surface area contributed by atoms with Crippen LogP contribution in [-0.2, 0) is 11.3 Å². The molecule has 0 atom stereocenters. The van der Waals surface area contributed by atoms with Crippen molar-refractivity contribution in [3.05, 3.63) is 35.1 Å². The fourth-order valence-corrected chi connectivity index (χ4v) is 1.93. The number of nitrogens with two attached hydrogens (primary N) is 1. The molecule has 0 saturated heterocycles. The number of carbonyl (C=O) groups is 1. The molecule has 0 bridgehead atoms. The molecule has 108 valence electrons. The molecule has 0 fully saturated rings. The third-order valence-corrected chi connectivity index (χ3v) is 3.19. The highest BCUT2D eigenvalue weighted by Crippen LogP contribution is 2.12. The lowest BCUT2D eigenvalue weighted by atomic mass is 10.0. The minimum Gasteiger partial charge on any atom is -0.352 e. The number of hydrogen-bond acceptors (Lipinski definition) is 2. The van der Waals surface area contributed by atoms with Crippen molar-refractivity contribution in [1.29, 1.82) is 0 Å². The van der Waals surface area contributed by atoms with E-state index >= 15 is 0 Å². The second kappa shape index (κ2) is 8.34. The van der Waals surface area contributed by atoms with Gasteiger partial charge in [-0.15, -0.1) is 0 Å². The molecule has 3 N–H and O–H groups in total. The summed E-state index contributed by atoms with van der Waals surface area (Å²) in [5.41, 5.74) is 6.44. The standard InChI is InChI=1S/C16H21FN2O/c1-3-13(4-2)16(20)19-11-14-10-12(6-5-9-18)7-8-15(14)17/h7-8,10,13H,3-4,9,11,18H2,1-2H3,(H,19,20). The average Bonchev–Trinajstić information content (AvgIpc) is 2.46. The predicted octanol–water partition coefficient (Wildman–Crippen LogP) is 2.19. The van der Waals surface area contributed by atoms with E-state index in [1.165, 1.54) is 6.07 Å². The monoisotopic (exact) mass is 276 g/mol. The van der Waals surface area contributed by atoms with E-state index in [2.05, 4.69) is 17.2 Å². The summed E-state index contributed by atoms with van der Waals surface area (Å²) in [4.78, 5) is 11.9. The third kappa shape index (κ3) is 4.67. The van der Waals surface area contributed by atoms with Crippen LogP contribution in [0.4, 0.5) is 4.39 Å². The quantitative estimate of drug-likeness (QED) is 0.810. The molecular weight excluding hydrogens is 255 g/mol. The van der Waals surface area contributed by atoms with Gasteiger partial charge >= 0.3 is 0 Å². The van der Waals surface area contributed by atoms with E-state index in [1.807, 2.05) is 13.8 Å². The zero-order valence-electron chi connectivity index (χ0n) is 12.0. The summed E-state index contributed by atoms with van der Waals surface area (Å²) >= 11 is 0. The average molecular weight is 276 g/mol. The van der Waals surface area contributed by atoms with Crippen molar-refractivity contribution < 1.29 is 9.18 Å². The maximum Gasteiger partial charge on any atom is 0.223 e. The van der Waals surface area contributed by atoms with Gasteiger partial charge < -0.3 is 11.1 Å². The van der Waals surface area contributed by atoms with Crippen LogP contribution >= 0.6 is 0 Å². The van der Waals surface area contributed by atoms with E-state index in [-0.39, 0.29) is 30.7 Å². The van der Waals surface area contributed by atoms with E-state index in [9.17, 15) is 9.18 Å². The van der Waals surface area contributed by atoms with E-state index in [0.717, 1.165) is 12.8 Å². The lowest BCUT2D eigenvalue weighted by Crippen LogP contribution is -2.29. The number of halogens is 1. The van der Waals surface area contributed by atoms with Crippen molar-refractivity contribution in [2.45, 2.75) is 33.2 Å². The van der Waals surface area contributed by atoms with Crippen LogP contribution in [0.1, 0.15) is 37.8 Å². The number of rotatable bonds is 5. The largest absolute Gasteiger partial charge is 0.352 e. The summed E-state index contributed by atoms with van der Waals surface area (Å²) in [6, 6.07) is 4.61. The first-order valence-electron chi connectivity index (χ1n) is 6.87. The first-order chi connectivity index (χ1) is 9.62. The molecule has 0 spiro atoms. The zero-order valence-corrected chi connectivity index (χ0v) is 12.0. The maximum atomic E-state index is 13.7. The molecule has 0 heterocycles. The molecule has 0 radical (unpaired) electrons. The molecule has 0 saturated carbocycles. The number of hydrogen-bond donors (Lipinski definition) is 2. The summed E-state index contributed by atoms with van der Waals surface area (Å²) in [6.45, 7) is 4.38. The van der Waals surface area contributed by atoms with Crippen LogP contribution in [0.15, 0.2) is 18.2 Å². The second-order valence-electron chi connectivity index (χ2n) is 4.54. The molecule has 1 amide bonds. The zero-order chi connectivity index (χ0) is 15.0. The molecule has 0 aromatic heterocycles. The van der Waals surface area contributed by atoms with Gasteiger partial charge in [0, 0.05) is 23.6 Å². The molecule has 0 unspecified atom stereocenters. The number of nitrogens with one attached hydrogen (secondary N) is 1. The van der Waals surface area contributed by atoms with Gasteiger partial charge in [0.25, 0.3) is 0 Å². The van der Waals surface area contributed by atoms with Crippen molar-refractivity contribution in [2.75, 3.05) is 6.54 Å². The highest BCUT2D eigenvalue weighted by molar-refractivity contribution is 5.78. The lowest BCUT2D eigenvalue weighted by molar-refractivity contribution is -0.125. The molecule has 20 heavy (non-hydrogen) atoms. The first-order valence-corrected chi connectivity index (χ1v) is 6.87. The van der Waals surface area contributed by atoms with Crippen LogP contribution in [0.5, 0.6) is 0 Å². The smallest absolute Gasteiger partial charge is 0.223 e. The van der Waals surface area contributed by atoms with Gasteiger partial charge in [0.1, 0.15) is 5.82 Å². The molecule has 0 aliphatic carbocycles. The minimum atomic E-state index is -0.340. The van der Waals surface area contributed by atoms with E-state index < -0.39 is 0 Å². The Morgan fingerprint density at radius 1 is 1.40 bits per heavy atom. The Labute approximate surface area is 119 Å². The fourth-order valence-electron chi connectivity index (χ4n) is 1.93. The van der Waals surface area contributed by atoms with Crippen molar-refractivity contribution in [3.8, 4) is 11.8 Å². The van der Waals surface area contributed by atoms with Gasteiger partial charge in [-0.1, -0.05) is 25.7 Å². The first kappa shape index (κ1) is 16.2. The Morgan fingerprint density at radius 2 is 2.10 bits per heavy atom. The number of benzene rings is 1. The van der Waals surface area contributed by atoms with Crippen molar-refractivity contribution in [3.63, 3.8) is 0 Å². The molecule has 3 nitrogen and oxygen atoms in total. The van der Waals surface area contributed by atoms with Crippen LogP contribution in [0.3, 0.4) is 0 Å². The summed E-state index contributed by atoms with van der Waals surface area (Å²) in [5, 5.41) is 2.77. The van der Waals surface area contributed by atoms with Gasteiger partial charge in [-0.25, -0.2) is 4.39 Å². The summed E-state index contributed by atoms with van der Waals surface area (Å²) in [5.74, 6) is 5.18. The second-order valence-corrected chi connectivity index (χ2v) is 4.54. The molecule has 0 aliphatic rings. The Balaban J connectivity index is 2.74. The Kier molecular flexibility index (Phi) is 6.75. The minimum absolute atomic E-state index is 0.0155. The van der Waals surface area contributed by atoms with Crippen LogP contribution in [0, 0.1) is 23.6 Å². The van der Waals surface area contributed by atoms with Gasteiger partial charge in [0.05, 0.1) is 6.54 Å². The van der Waals surface area contributed by atoms with Gasteiger partial charge in [0.2, 0.25) is 5.91 Å². The molecular formula is C16H21FN2O. The fraction of sp³-hybridized carbons (Fsp3) is 0.438. The summed E-state index contributed by atoms with van der Waals surface area (Å²) < 4.78 is 13.7. The highest BCUT2D eigenvalue weighted by Gasteiger charge is 2.14. The van der Waals surface area contributed by atoms with Gasteiger partial charge in [-0.2, -0.15) is 0 Å². The normalized spacial score (nSPS) is 10.1. The topological polar surface area (TPSA) is 55.1 Å². The van der Waals surface area contributed by atoms with E-state index in [4.69, 9.17) is 5.73 Å². The van der Waals surface area contributed by atoms with Crippen LogP contribution in [-0.4, -0.2) is 12.5 Å². The van der Waals surface area contributed by atoms with Crippen LogP contribution in [0.2, 0.25) is 0 Å². The predicted molar refractivity (Wildman–Crippen MR) is 78.3 cm³/mol. The highest BCUT2D eigenvalue weighted by atomic mass is 19.1. The molecule has 4 heteroatoms. The van der Waals surface area contributed by atoms with Gasteiger partial charge in [-0.05, 0) is 31.0 Å². The van der Waals surface area contributed by atoms with Gasteiger partial charge in [-0.3, -0.25) is 4.79 Å². The Morgan fingerprint density at radius 3 is 2.70 bits per heavy atom. The van der Waals surface area contributed by atoms with Crippen molar-refractivity contribution >= 4 is 5.91 Å². The Bertz CT molecular complexity index is 513. The molecule has 1 aromatic rings. The maximum absolute atomic E-state index is 13.7. The SMILES string of the molecule is CCC(CC)C(=O)NCc1cc(C#CCN)ccc1F. The summed E-state index contributed by atoms with van der Waals surface area (Å²) in [7, 11) is 0. The van der Waals surface area contributed by atoms with Crippen molar-refractivity contribution in [2.24, 2.45) is 11.7 Å². The molecule has 1 rings (SSSR count). The van der Waals surface area contributed by atoms with E-state index in [0.29, 0.717) is 11.1 Å². The Hall–Kier alpha value is -1.86. The van der Waals surface area contributed by atoms with Crippen LogP contribution in [0.25, 0.3) is 0 Å². The van der Waals surface area contributed by atoms with Gasteiger partial charge in [0.15, 0.2) is 0 Å². The molecule has 0 aliphatic heterocycles.